The lowest BCUT2D eigenvalue weighted by molar-refractivity contribution is -0.135. The number of hydrogen-bond donors (Lipinski definition) is 3. The van der Waals surface area contributed by atoms with Gasteiger partial charge in [0.1, 0.15) is 6.54 Å². The van der Waals surface area contributed by atoms with E-state index < -0.39 is 24.5 Å². The van der Waals surface area contributed by atoms with Crippen LogP contribution in [0.5, 0.6) is 0 Å². The zero-order chi connectivity index (χ0) is 15.8. The molecule has 0 unspecified atom stereocenters. The first-order chi connectivity index (χ1) is 9.90. The number of amides is 3. The molecule has 0 radical (unpaired) electrons. The van der Waals surface area contributed by atoms with Crippen molar-refractivity contribution in [1.29, 1.82) is 0 Å². The summed E-state index contributed by atoms with van der Waals surface area (Å²) in [7, 11) is 0. The fourth-order valence-electron chi connectivity index (χ4n) is 1.59. The highest BCUT2D eigenvalue weighted by molar-refractivity contribution is 6.30. The van der Waals surface area contributed by atoms with Gasteiger partial charge in [-0.3, -0.25) is 14.5 Å². The van der Waals surface area contributed by atoms with Crippen LogP contribution in [-0.4, -0.2) is 36.1 Å². The zero-order valence-electron chi connectivity index (χ0n) is 11.2. The molecule has 0 fully saturated rings. The summed E-state index contributed by atoms with van der Waals surface area (Å²) < 4.78 is 0. The maximum absolute atomic E-state index is 12.0. The van der Waals surface area contributed by atoms with Gasteiger partial charge in [-0.05, 0) is 30.7 Å². The summed E-state index contributed by atoms with van der Waals surface area (Å²) >= 11 is 5.75. The molecule has 0 spiro atoms. The molecule has 0 aliphatic heterocycles. The number of hydrogen-bond acceptors (Lipinski definition) is 3. The van der Waals surface area contributed by atoms with E-state index in [2.05, 4.69) is 5.32 Å². The highest BCUT2D eigenvalue weighted by Gasteiger charge is 2.18. The molecule has 0 atom stereocenters. The lowest BCUT2D eigenvalue weighted by Crippen LogP contribution is -2.43. The molecule has 0 heterocycles. The predicted octanol–water partition coefficient (Wildman–Crippen LogP) is 1.21. The third kappa shape index (κ3) is 6.13. The second kappa shape index (κ2) is 8.11. The minimum atomic E-state index is -1.14. The molecule has 114 valence electrons. The number of benzene rings is 1. The van der Waals surface area contributed by atoms with Crippen LogP contribution in [-0.2, 0) is 9.59 Å². The van der Waals surface area contributed by atoms with E-state index in [1.54, 1.807) is 24.3 Å². The van der Waals surface area contributed by atoms with Crippen LogP contribution in [0.1, 0.15) is 12.8 Å². The number of carboxylic acid groups (broad SMARTS) is 1. The van der Waals surface area contributed by atoms with Gasteiger partial charge in [0.2, 0.25) is 5.91 Å². The van der Waals surface area contributed by atoms with Gasteiger partial charge in [0, 0.05) is 23.7 Å². The van der Waals surface area contributed by atoms with Crippen molar-refractivity contribution in [2.24, 2.45) is 5.73 Å². The predicted molar refractivity (Wildman–Crippen MR) is 78.3 cm³/mol. The van der Waals surface area contributed by atoms with E-state index >= 15 is 0 Å². The van der Waals surface area contributed by atoms with Gasteiger partial charge in [-0.2, -0.15) is 0 Å². The standard InChI is InChI=1S/C13H16ClN3O4/c14-9-3-5-10(6-4-9)17(8-12(19)20)13(21)16-7-1-2-11(15)18/h3-6H,1-2,7-8H2,(H2,15,18)(H,16,21)(H,19,20). The van der Waals surface area contributed by atoms with Gasteiger partial charge >= 0.3 is 12.0 Å². The van der Waals surface area contributed by atoms with Crippen molar-refractivity contribution < 1.29 is 19.5 Å². The van der Waals surface area contributed by atoms with Crippen molar-refractivity contribution in [2.75, 3.05) is 18.0 Å². The van der Waals surface area contributed by atoms with E-state index in [1.165, 1.54) is 0 Å². The molecule has 0 bridgehead atoms. The van der Waals surface area contributed by atoms with Crippen LogP contribution < -0.4 is 16.0 Å². The molecule has 0 aliphatic rings. The molecule has 3 amide bonds. The molecule has 1 aromatic carbocycles. The first kappa shape index (κ1) is 16.8. The van der Waals surface area contributed by atoms with Gasteiger partial charge in [0.05, 0.1) is 0 Å². The minimum absolute atomic E-state index is 0.153. The SMILES string of the molecule is NC(=O)CCCNC(=O)N(CC(=O)O)c1ccc(Cl)cc1. The van der Waals surface area contributed by atoms with Crippen LogP contribution in [0.2, 0.25) is 5.02 Å². The fraction of sp³-hybridized carbons (Fsp3) is 0.308. The van der Waals surface area contributed by atoms with E-state index in [-0.39, 0.29) is 13.0 Å². The second-order valence-electron chi connectivity index (χ2n) is 4.26. The van der Waals surface area contributed by atoms with E-state index in [9.17, 15) is 14.4 Å². The van der Waals surface area contributed by atoms with Crippen LogP contribution in [0.15, 0.2) is 24.3 Å². The van der Waals surface area contributed by atoms with Crippen molar-refractivity contribution in [3.8, 4) is 0 Å². The van der Waals surface area contributed by atoms with Gasteiger partial charge < -0.3 is 16.2 Å². The summed E-state index contributed by atoms with van der Waals surface area (Å²) in [6.07, 6.45) is 0.544. The summed E-state index contributed by atoms with van der Waals surface area (Å²) in [4.78, 5) is 34.5. The lowest BCUT2D eigenvalue weighted by Gasteiger charge is -2.21. The van der Waals surface area contributed by atoms with Crippen molar-refractivity contribution in [3.63, 3.8) is 0 Å². The summed E-state index contributed by atoms with van der Waals surface area (Å²) in [6.45, 7) is -0.255. The molecule has 7 nitrogen and oxygen atoms in total. The Morgan fingerprint density at radius 1 is 1.24 bits per heavy atom. The normalized spacial score (nSPS) is 9.95. The van der Waals surface area contributed by atoms with Crippen molar-refractivity contribution in [3.05, 3.63) is 29.3 Å². The Balaban J connectivity index is 2.68. The number of carbonyl (C=O) groups excluding carboxylic acids is 2. The number of primary amides is 1. The van der Waals surface area contributed by atoms with E-state index in [0.717, 1.165) is 4.90 Å². The average molecular weight is 314 g/mol. The Morgan fingerprint density at radius 3 is 2.38 bits per heavy atom. The second-order valence-corrected chi connectivity index (χ2v) is 4.69. The Kier molecular flexibility index (Phi) is 6.48. The lowest BCUT2D eigenvalue weighted by atomic mass is 10.3. The molecule has 4 N–H and O–H groups in total. The van der Waals surface area contributed by atoms with Crippen LogP contribution >= 0.6 is 11.6 Å². The number of aliphatic carboxylic acids is 1. The molecule has 8 heteroatoms. The number of carbonyl (C=O) groups is 3. The highest BCUT2D eigenvalue weighted by Crippen LogP contribution is 2.18. The van der Waals surface area contributed by atoms with Crippen LogP contribution in [0.4, 0.5) is 10.5 Å². The maximum atomic E-state index is 12.0. The van der Waals surface area contributed by atoms with E-state index in [4.69, 9.17) is 22.4 Å². The topological polar surface area (TPSA) is 113 Å². The van der Waals surface area contributed by atoms with Crippen LogP contribution in [0.25, 0.3) is 0 Å². The first-order valence-electron chi connectivity index (χ1n) is 6.21. The average Bonchev–Trinajstić information content (AvgIpc) is 2.41. The minimum Gasteiger partial charge on any atom is -0.480 e. The Bertz CT molecular complexity index is 519. The maximum Gasteiger partial charge on any atom is 0.323 e. The first-order valence-corrected chi connectivity index (χ1v) is 6.59. The number of anilines is 1. The van der Waals surface area contributed by atoms with Crippen molar-refractivity contribution in [1.82, 2.24) is 5.32 Å². The molecular weight excluding hydrogens is 298 g/mol. The molecule has 0 aliphatic carbocycles. The molecular formula is C13H16ClN3O4. The van der Waals surface area contributed by atoms with Gasteiger partial charge in [0.25, 0.3) is 0 Å². The summed E-state index contributed by atoms with van der Waals surface area (Å²) in [5.74, 6) is -1.60. The molecule has 21 heavy (non-hydrogen) atoms. The van der Waals surface area contributed by atoms with Gasteiger partial charge in [0.15, 0.2) is 0 Å². The molecule has 1 aromatic rings. The quantitative estimate of drug-likeness (QED) is 0.656. The van der Waals surface area contributed by atoms with Gasteiger partial charge in [-0.15, -0.1) is 0 Å². The molecule has 0 aromatic heterocycles. The number of rotatable bonds is 7. The molecule has 0 saturated carbocycles. The number of carboxylic acids is 1. The monoisotopic (exact) mass is 313 g/mol. The smallest absolute Gasteiger partial charge is 0.323 e. The van der Waals surface area contributed by atoms with E-state index in [1.807, 2.05) is 0 Å². The van der Waals surface area contributed by atoms with E-state index in [0.29, 0.717) is 17.1 Å². The third-order valence-corrected chi connectivity index (χ3v) is 2.80. The Hall–Kier alpha value is -2.28. The zero-order valence-corrected chi connectivity index (χ0v) is 12.0. The number of halogens is 1. The Morgan fingerprint density at radius 2 is 1.86 bits per heavy atom. The van der Waals surface area contributed by atoms with Crippen LogP contribution in [0, 0.1) is 0 Å². The van der Waals surface area contributed by atoms with Crippen LogP contribution in [0.3, 0.4) is 0 Å². The van der Waals surface area contributed by atoms with Gasteiger partial charge in [-0.1, -0.05) is 11.6 Å². The number of nitrogens with two attached hydrogens (primary N) is 1. The highest BCUT2D eigenvalue weighted by atomic mass is 35.5. The third-order valence-electron chi connectivity index (χ3n) is 2.55. The number of nitrogens with zero attached hydrogens (tertiary/aromatic N) is 1. The summed E-state index contributed by atoms with van der Waals surface area (Å²) in [5.41, 5.74) is 5.40. The van der Waals surface area contributed by atoms with Gasteiger partial charge in [-0.25, -0.2) is 4.79 Å². The largest absolute Gasteiger partial charge is 0.480 e. The number of urea groups is 1. The fourth-order valence-corrected chi connectivity index (χ4v) is 1.72. The molecule has 0 saturated heterocycles. The summed E-state index contributed by atoms with van der Waals surface area (Å²) in [6, 6.07) is 5.66. The Labute approximate surface area is 126 Å². The van der Waals surface area contributed by atoms with Crippen molar-refractivity contribution in [2.45, 2.75) is 12.8 Å². The molecule has 1 rings (SSSR count). The summed E-state index contributed by atoms with van der Waals surface area (Å²) in [5, 5.41) is 11.9. The number of nitrogens with one attached hydrogen (secondary N) is 1. The van der Waals surface area contributed by atoms with Crippen molar-refractivity contribution >= 4 is 35.2 Å².